The molecule has 0 spiro atoms. The van der Waals surface area contributed by atoms with Gasteiger partial charge in [0.1, 0.15) is 0 Å². The third-order valence-electron chi connectivity index (χ3n) is 8.87. The smallest absolute Gasteiger partial charge is 0.160 e. The molecule has 43 heavy (non-hydrogen) atoms. The van der Waals surface area contributed by atoms with Gasteiger partial charge in [-0.15, -0.1) is 0 Å². The van der Waals surface area contributed by atoms with Crippen molar-refractivity contribution >= 4 is 32.3 Å². The second-order valence-electron chi connectivity index (χ2n) is 11.3. The van der Waals surface area contributed by atoms with Crippen LogP contribution in [0.2, 0.25) is 0 Å². The number of hydrogen-bond donors (Lipinski definition) is 0. The third kappa shape index (κ3) is 3.80. The van der Waals surface area contributed by atoms with Gasteiger partial charge < -0.3 is 0 Å². The van der Waals surface area contributed by atoms with Crippen LogP contribution in [0.5, 0.6) is 0 Å². The van der Waals surface area contributed by atoms with E-state index >= 15 is 0 Å². The summed E-state index contributed by atoms with van der Waals surface area (Å²) in [6, 6.07) is 52.2. The van der Waals surface area contributed by atoms with Gasteiger partial charge in [0.15, 0.2) is 5.82 Å². The van der Waals surface area contributed by atoms with E-state index in [1.165, 1.54) is 54.6 Å². The number of nitrogens with zero attached hydrogens (tertiary/aromatic N) is 2. The third-order valence-corrected chi connectivity index (χ3v) is 8.87. The first-order chi connectivity index (χ1) is 21.3. The summed E-state index contributed by atoms with van der Waals surface area (Å²) in [5.41, 5.74) is 10.3. The Kier molecular flexibility index (Phi) is 5.30. The lowest BCUT2D eigenvalue weighted by Crippen LogP contribution is -1.99. The number of aromatic nitrogens is 2. The number of fused-ring (bicyclic) bond motifs is 9. The first-order valence-corrected chi connectivity index (χ1v) is 14.8. The van der Waals surface area contributed by atoms with Crippen LogP contribution in [-0.2, 0) is 6.42 Å². The Labute approximate surface area is 250 Å². The Balaban J connectivity index is 1.25. The average Bonchev–Trinajstić information content (AvgIpc) is 3.47. The molecule has 0 fully saturated rings. The molecule has 8 aromatic rings. The maximum atomic E-state index is 5.23. The fourth-order valence-electron chi connectivity index (χ4n) is 6.88. The minimum Gasteiger partial charge on any atom is -0.232 e. The summed E-state index contributed by atoms with van der Waals surface area (Å²) in [6.07, 6.45) is 0.826. The maximum Gasteiger partial charge on any atom is 0.160 e. The molecule has 200 valence electrons. The Hall–Kier alpha value is -5.60. The highest BCUT2D eigenvalue weighted by atomic mass is 14.9. The maximum absolute atomic E-state index is 5.23. The predicted octanol–water partition coefficient (Wildman–Crippen LogP) is 10.5. The van der Waals surface area contributed by atoms with Gasteiger partial charge in [-0.3, -0.25) is 0 Å². The quantitative estimate of drug-likeness (QED) is 0.206. The summed E-state index contributed by atoms with van der Waals surface area (Å²) in [5, 5.41) is 7.73. The Morgan fingerprint density at radius 3 is 1.74 bits per heavy atom. The zero-order valence-corrected chi connectivity index (χ0v) is 23.5. The fourth-order valence-corrected chi connectivity index (χ4v) is 6.88. The standard InChI is InChI=1S/C41H26N2/c1-2-11-26(12-3-1)41-42-38-25-29-13-4-5-16-31(29)39(38)40(43-41)30-15-10-14-27(23-30)28-21-22-36-34-19-7-6-17-32(34)33-18-8-9-20-35(33)37(36)24-28/h1-24H,25H2. The lowest BCUT2D eigenvalue weighted by Gasteiger charge is -2.14. The van der Waals surface area contributed by atoms with Crippen LogP contribution in [0.3, 0.4) is 0 Å². The molecule has 7 aromatic carbocycles. The van der Waals surface area contributed by atoms with Gasteiger partial charge in [-0.25, -0.2) is 9.97 Å². The molecule has 1 heterocycles. The van der Waals surface area contributed by atoms with E-state index < -0.39 is 0 Å². The van der Waals surface area contributed by atoms with E-state index in [2.05, 4.69) is 127 Å². The van der Waals surface area contributed by atoms with Crippen LogP contribution in [0.25, 0.3) is 77.2 Å². The first kappa shape index (κ1) is 24.0. The van der Waals surface area contributed by atoms with Crippen molar-refractivity contribution in [1.29, 1.82) is 0 Å². The largest absolute Gasteiger partial charge is 0.232 e. The Morgan fingerprint density at radius 2 is 0.977 bits per heavy atom. The van der Waals surface area contributed by atoms with E-state index in [-0.39, 0.29) is 0 Å². The molecule has 1 aromatic heterocycles. The summed E-state index contributed by atoms with van der Waals surface area (Å²) in [7, 11) is 0. The molecule has 0 aliphatic heterocycles. The van der Waals surface area contributed by atoms with E-state index in [1.54, 1.807) is 0 Å². The van der Waals surface area contributed by atoms with Crippen molar-refractivity contribution in [2.45, 2.75) is 6.42 Å². The van der Waals surface area contributed by atoms with Gasteiger partial charge in [-0.1, -0.05) is 133 Å². The van der Waals surface area contributed by atoms with Gasteiger partial charge in [0.25, 0.3) is 0 Å². The van der Waals surface area contributed by atoms with E-state index in [0.29, 0.717) is 0 Å². The summed E-state index contributed by atoms with van der Waals surface area (Å²) < 4.78 is 0. The number of rotatable bonds is 3. The topological polar surface area (TPSA) is 25.8 Å². The van der Waals surface area contributed by atoms with Gasteiger partial charge in [0.2, 0.25) is 0 Å². The van der Waals surface area contributed by atoms with Crippen molar-refractivity contribution in [3.63, 3.8) is 0 Å². The molecule has 0 radical (unpaired) electrons. The highest BCUT2D eigenvalue weighted by molar-refractivity contribution is 6.25. The number of benzene rings is 7. The molecule has 0 atom stereocenters. The molecule has 0 unspecified atom stereocenters. The monoisotopic (exact) mass is 546 g/mol. The zero-order valence-electron chi connectivity index (χ0n) is 23.5. The van der Waals surface area contributed by atoms with Crippen LogP contribution in [-0.4, -0.2) is 9.97 Å². The molecule has 0 saturated carbocycles. The normalized spacial score (nSPS) is 12.1. The second-order valence-corrected chi connectivity index (χ2v) is 11.3. The molecule has 1 aliphatic carbocycles. The van der Waals surface area contributed by atoms with Gasteiger partial charge in [-0.05, 0) is 66.7 Å². The van der Waals surface area contributed by atoms with E-state index in [4.69, 9.17) is 9.97 Å². The van der Waals surface area contributed by atoms with Gasteiger partial charge in [0, 0.05) is 23.1 Å². The highest BCUT2D eigenvalue weighted by Crippen LogP contribution is 2.43. The van der Waals surface area contributed by atoms with Crippen LogP contribution in [0.4, 0.5) is 0 Å². The van der Waals surface area contributed by atoms with Crippen molar-refractivity contribution in [2.75, 3.05) is 0 Å². The lowest BCUT2D eigenvalue weighted by molar-refractivity contribution is 1.08. The average molecular weight is 547 g/mol. The molecule has 1 aliphatic rings. The molecular weight excluding hydrogens is 520 g/mol. The molecule has 2 heteroatoms. The summed E-state index contributed by atoms with van der Waals surface area (Å²) in [5.74, 6) is 0.775. The van der Waals surface area contributed by atoms with Gasteiger partial charge in [0.05, 0.1) is 11.4 Å². The summed E-state index contributed by atoms with van der Waals surface area (Å²) in [4.78, 5) is 10.3. The van der Waals surface area contributed by atoms with E-state index in [1.807, 2.05) is 18.2 Å². The minimum absolute atomic E-state index is 0.775. The van der Waals surface area contributed by atoms with Crippen molar-refractivity contribution in [1.82, 2.24) is 9.97 Å². The SMILES string of the molecule is c1ccc(-c2nc3c(c(-c4cccc(-c5ccc6c7ccccc7c7ccccc7c6c5)c4)n2)-c2ccccc2C3)cc1. The molecule has 0 N–H and O–H groups in total. The van der Waals surface area contributed by atoms with Crippen LogP contribution in [0, 0.1) is 0 Å². The first-order valence-electron chi connectivity index (χ1n) is 14.8. The highest BCUT2D eigenvalue weighted by Gasteiger charge is 2.26. The Bertz CT molecular complexity index is 2330. The molecule has 0 amide bonds. The molecular formula is C41H26N2. The van der Waals surface area contributed by atoms with E-state index in [0.717, 1.165) is 40.3 Å². The predicted molar refractivity (Wildman–Crippen MR) is 179 cm³/mol. The molecule has 2 nitrogen and oxygen atoms in total. The molecule has 0 saturated heterocycles. The zero-order chi connectivity index (χ0) is 28.3. The van der Waals surface area contributed by atoms with Crippen molar-refractivity contribution in [2.24, 2.45) is 0 Å². The van der Waals surface area contributed by atoms with Crippen LogP contribution in [0.15, 0.2) is 146 Å². The van der Waals surface area contributed by atoms with Crippen LogP contribution < -0.4 is 0 Å². The fraction of sp³-hybridized carbons (Fsp3) is 0.0244. The van der Waals surface area contributed by atoms with Crippen molar-refractivity contribution in [3.05, 3.63) is 157 Å². The second kappa shape index (κ2) is 9.47. The minimum atomic E-state index is 0.775. The van der Waals surface area contributed by atoms with Gasteiger partial charge in [-0.2, -0.15) is 0 Å². The van der Waals surface area contributed by atoms with Crippen molar-refractivity contribution in [3.8, 4) is 44.9 Å². The summed E-state index contributed by atoms with van der Waals surface area (Å²) in [6.45, 7) is 0. The lowest BCUT2D eigenvalue weighted by atomic mass is 9.91. The Morgan fingerprint density at radius 1 is 0.395 bits per heavy atom. The summed E-state index contributed by atoms with van der Waals surface area (Å²) >= 11 is 0. The van der Waals surface area contributed by atoms with E-state index in [9.17, 15) is 0 Å². The van der Waals surface area contributed by atoms with Crippen molar-refractivity contribution < 1.29 is 0 Å². The van der Waals surface area contributed by atoms with Crippen LogP contribution >= 0.6 is 0 Å². The van der Waals surface area contributed by atoms with Gasteiger partial charge >= 0.3 is 0 Å². The molecule has 0 bridgehead atoms. The molecule has 9 rings (SSSR count). The number of hydrogen-bond acceptors (Lipinski definition) is 2. The van der Waals surface area contributed by atoms with Crippen LogP contribution in [0.1, 0.15) is 11.3 Å².